The summed E-state index contributed by atoms with van der Waals surface area (Å²) in [5.74, 6) is 0.389. The number of ether oxygens (including phenoxy) is 1. The van der Waals surface area contributed by atoms with Crippen molar-refractivity contribution in [1.82, 2.24) is 0 Å². The minimum absolute atomic E-state index is 0.0294. The number of nitrogens with zero attached hydrogens (tertiary/aromatic N) is 1. The zero-order chi connectivity index (χ0) is 16.1. The van der Waals surface area contributed by atoms with E-state index in [2.05, 4.69) is 12.1 Å². The van der Waals surface area contributed by atoms with Crippen molar-refractivity contribution in [3.63, 3.8) is 0 Å². The molecular formula is C20H17NO2. The number of hydrogen-bond acceptors (Lipinski definition) is 3. The molecule has 2 aromatic carbocycles. The fourth-order valence-electron chi connectivity index (χ4n) is 2.66. The molecular weight excluding hydrogens is 286 g/mol. The summed E-state index contributed by atoms with van der Waals surface area (Å²) in [5.41, 5.74) is 2.69. The Balaban J connectivity index is 1.68. The Kier molecular flexibility index (Phi) is 4.54. The second-order valence-electron chi connectivity index (χ2n) is 5.62. The van der Waals surface area contributed by atoms with Gasteiger partial charge in [0.15, 0.2) is 0 Å². The first-order valence-electron chi connectivity index (χ1n) is 7.73. The summed E-state index contributed by atoms with van der Waals surface area (Å²) < 4.78 is 5.47. The van der Waals surface area contributed by atoms with Gasteiger partial charge in [-0.25, -0.2) is 0 Å². The van der Waals surface area contributed by atoms with Gasteiger partial charge in [0, 0.05) is 0 Å². The lowest BCUT2D eigenvalue weighted by atomic mass is 9.95. The molecule has 0 bridgehead atoms. The lowest BCUT2D eigenvalue weighted by Gasteiger charge is -2.16. The van der Waals surface area contributed by atoms with Gasteiger partial charge in [-0.2, -0.15) is 5.26 Å². The molecule has 3 heteroatoms. The van der Waals surface area contributed by atoms with Crippen LogP contribution in [-0.2, 0) is 4.79 Å². The third-order valence-corrected chi connectivity index (χ3v) is 4.02. The van der Waals surface area contributed by atoms with Crippen molar-refractivity contribution in [2.24, 2.45) is 5.92 Å². The minimum atomic E-state index is -0.152. The molecule has 1 aliphatic rings. The smallest absolute Gasteiger partial charge is 0.314 e. The second kappa shape index (κ2) is 6.93. The highest BCUT2D eigenvalue weighted by Gasteiger charge is 2.20. The van der Waals surface area contributed by atoms with Gasteiger partial charge in [0.05, 0.1) is 17.6 Å². The quantitative estimate of drug-likeness (QED) is 0.477. The Morgan fingerprint density at radius 1 is 1.00 bits per heavy atom. The number of allylic oxidation sites excluding steroid dienone is 2. The number of carbonyl (C=O) groups is 1. The second-order valence-corrected chi connectivity index (χ2v) is 5.62. The van der Waals surface area contributed by atoms with Gasteiger partial charge in [-0.1, -0.05) is 36.4 Å². The van der Waals surface area contributed by atoms with E-state index in [4.69, 9.17) is 10.00 Å². The van der Waals surface area contributed by atoms with E-state index < -0.39 is 0 Å². The first-order chi connectivity index (χ1) is 11.3. The summed E-state index contributed by atoms with van der Waals surface area (Å²) >= 11 is 0. The van der Waals surface area contributed by atoms with Crippen LogP contribution in [0.15, 0.2) is 60.7 Å². The summed E-state index contributed by atoms with van der Waals surface area (Å²) in [6.07, 6.45) is 6.72. The van der Waals surface area contributed by atoms with E-state index in [1.54, 1.807) is 12.1 Å². The predicted molar refractivity (Wildman–Crippen MR) is 88.7 cm³/mol. The van der Waals surface area contributed by atoms with Gasteiger partial charge in [0.1, 0.15) is 5.75 Å². The molecule has 0 aromatic heterocycles. The maximum atomic E-state index is 12.1. The largest absolute Gasteiger partial charge is 0.426 e. The summed E-state index contributed by atoms with van der Waals surface area (Å²) in [4.78, 5) is 12.1. The molecule has 1 unspecified atom stereocenters. The van der Waals surface area contributed by atoms with E-state index in [9.17, 15) is 4.79 Å². The van der Waals surface area contributed by atoms with Crippen LogP contribution in [0.25, 0.3) is 11.1 Å². The molecule has 0 amide bonds. The first kappa shape index (κ1) is 15.1. The zero-order valence-electron chi connectivity index (χ0n) is 12.7. The fourth-order valence-corrected chi connectivity index (χ4v) is 2.66. The summed E-state index contributed by atoms with van der Waals surface area (Å²) in [6.45, 7) is 0. The van der Waals surface area contributed by atoms with Crippen molar-refractivity contribution in [3.05, 3.63) is 66.2 Å². The van der Waals surface area contributed by atoms with Crippen LogP contribution >= 0.6 is 0 Å². The third kappa shape index (κ3) is 3.67. The molecule has 114 valence electrons. The van der Waals surface area contributed by atoms with Crippen LogP contribution in [0.4, 0.5) is 0 Å². The molecule has 0 saturated heterocycles. The normalized spacial score (nSPS) is 16.6. The molecule has 1 aliphatic carbocycles. The monoisotopic (exact) mass is 303 g/mol. The Bertz CT molecular complexity index is 752. The molecule has 0 saturated carbocycles. The SMILES string of the molecule is N#Cc1ccc(-c2ccc(OC(=O)C3CC=CCC3)cc2)cc1. The molecule has 0 radical (unpaired) electrons. The molecule has 23 heavy (non-hydrogen) atoms. The Labute approximate surface area is 135 Å². The topological polar surface area (TPSA) is 50.1 Å². The molecule has 3 rings (SSSR count). The molecule has 0 fully saturated rings. The lowest BCUT2D eigenvalue weighted by Crippen LogP contribution is -2.21. The van der Waals surface area contributed by atoms with Crippen LogP contribution in [0.3, 0.4) is 0 Å². The molecule has 0 heterocycles. The molecule has 2 aromatic rings. The Morgan fingerprint density at radius 3 is 2.22 bits per heavy atom. The van der Waals surface area contributed by atoms with Crippen molar-refractivity contribution >= 4 is 5.97 Å². The zero-order valence-corrected chi connectivity index (χ0v) is 12.7. The van der Waals surface area contributed by atoms with E-state index in [0.29, 0.717) is 11.3 Å². The van der Waals surface area contributed by atoms with E-state index in [1.807, 2.05) is 42.5 Å². The lowest BCUT2D eigenvalue weighted by molar-refractivity contribution is -0.139. The number of benzene rings is 2. The molecule has 1 atom stereocenters. The van der Waals surface area contributed by atoms with Crippen LogP contribution in [0, 0.1) is 17.2 Å². The van der Waals surface area contributed by atoms with Crippen LogP contribution in [0.1, 0.15) is 24.8 Å². The highest BCUT2D eigenvalue weighted by molar-refractivity contribution is 5.76. The molecule has 0 spiro atoms. The van der Waals surface area contributed by atoms with Gasteiger partial charge in [-0.15, -0.1) is 0 Å². The van der Waals surface area contributed by atoms with E-state index in [0.717, 1.165) is 30.4 Å². The van der Waals surface area contributed by atoms with Crippen molar-refractivity contribution in [3.8, 4) is 22.9 Å². The fraction of sp³-hybridized carbons (Fsp3) is 0.200. The molecule has 3 nitrogen and oxygen atoms in total. The number of esters is 1. The van der Waals surface area contributed by atoms with Crippen LogP contribution in [0.5, 0.6) is 5.75 Å². The first-order valence-corrected chi connectivity index (χ1v) is 7.73. The van der Waals surface area contributed by atoms with Crippen molar-refractivity contribution in [2.45, 2.75) is 19.3 Å². The van der Waals surface area contributed by atoms with Gasteiger partial charge in [-0.05, 0) is 54.7 Å². The number of hydrogen-bond donors (Lipinski definition) is 0. The Morgan fingerprint density at radius 2 is 1.65 bits per heavy atom. The summed E-state index contributed by atoms with van der Waals surface area (Å²) in [5, 5.41) is 8.82. The van der Waals surface area contributed by atoms with Gasteiger partial charge in [0.2, 0.25) is 0 Å². The summed E-state index contributed by atoms with van der Waals surface area (Å²) in [6, 6.07) is 17.0. The van der Waals surface area contributed by atoms with Crippen molar-refractivity contribution in [2.75, 3.05) is 0 Å². The van der Waals surface area contributed by atoms with Gasteiger partial charge in [0.25, 0.3) is 0 Å². The molecule has 0 N–H and O–H groups in total. The number of rotatable bonds is 3. The average molecular weight is 303 g/mol. The highest BCUT2D eigenvalue weighted by atomic mass is 16.5. The maximum Gasteiger partial charge on any atom is 0.314 e. The van der Waals surface area contributed by atoms with Gasteiger partial charge >= 0.3 is 5.97 Å². The standard InChI is InChI=1S/C20H17NO2/c21-14-15-6-8-16(9-7-15)17-10-12-19(13-11-17)23-20(22)18-4-2-1-3-5-18/h1-2,6-13,18H,3-5H2. The average Bonchev–Trinajstić information content (AvgIpc) is 2.63. The minimum Gasteiger partial charge on any atom is -0.426 e. The van der Waals surface area contributed by atoms with Crippen LogP contribution in [-0.4, -0.2) is 5.97 Å². The predicted octanol–water partition coefficient (Wildman–Crippen LogP) is 4.49. The maximum absolute atomic E-state index is 12.1. The number of nitriles is 1. The van der Waals surface area contributed by atoms with Crippen LogP contribution in [0.2, 0.25) is 0 Å². The van der Waals surface area contributed by atoms with Gasteiger partial charge in [-0.3, -0.25) is 4.79 Å². The third-order valence-electron chi connectivity index (χ3n) is 4.02. The highest BCUT2D eigenvalue weighted by Crippen LogP contribution is 2.25. The van der Waals surface area contributed by atoms with Gasteiger partial charge < -0.3 is 4.74 Å². The Hall–Kier alpha value is -2.86. The molecule has 0 aliphatic heterocycles. The van der Waals surface area contributed by atoms with Crippen LogP contribution < -0.4 is 4.74 Å². The van der Waals surface area contributed by atoms with Crippen molar-refractivity contribution < 1.29 is 9.53 Å². The van der Waals surface area contributed by atoms with E-state index >= 15 is 0 Å². The van der Waals surface area contributed by atoms with E-state index in [1.165, 1.54) is 0 Å². The summed E-state index contributed by atoms with van der Waals surface area (Å²) in [7, 11) is 0. The number of carbonyl (C=O) groups excluding carboxylic acids is 1. The van der Waals surface area contributed by atoms with E-state index in [-0.39, 0.29) is 11.9 Å². The van der Waals surface area contributed by atoms with Crippen molar-refractivity contribution in [1.29, 1.82) is 5.26 Å².